The number of rotatable bonds is 10. The van der Waals surface area contributed by atoms with Crippen LogP contribution in [0.15, 0.2) is 36.4 Å². The van der Waals surface area contributed by atoms with E-state index in [-0.39, 0.29) is 5.91 Å². The first-order valence-electron chi connectivity index (χ1n) is 9.54. The lowest BCUT2D eigenvalue weighted by Crippen LogP contribution is -2.15. The van der Waals surface area contributed by atoms with Crippen LogP contribution in [0.1, 0.15) is 44.7 Å². The molecule has 0 unspecified atom stereocenters. The summed E-state index contributed by atoms with van der Waals surface area (Å²) < 4.78 is 11.1. The molecule has 4 nitrogen and oxygen atoms in total. The summed E-state index contributed by atoms with van der Waals surface area (Å²) in [6, 6.07) is 11.4. The topological polar surface area (TPSA) is 47.6 Å². The molecule has 27 heavy (non-hydrogen) atoms. The Labute approximate surface area is 166 Å². The van der Waals surface area contributed by atoms with Gasteiger partial charge < -0.3 is 14.8 Å². The maximum atomic E-state index is 12.4. The summed E-state index contributed by atoms with van der Waals surface area (Å²) in [6.45, 7) is 7.19. The average Bonchev–Trinajstić information content (AvgIpc) is 2.67. The Morgan fingerprint density at radius 2 is 1.63 bits per heavy atom. The van der Waals surface area contributed by atoms with Gasteiger partial charge in [-0.1, -0.05) is 31.5 Å². The van der Waals surface area contributed by atoms with Crippen LogP contribution in [-0.2, 0) is 17.6 Å². The normalized spacial score (nSPS) is 10.5. The second-order valence-corrected chi connectivity index (χ2v) is 6.58. The molecule has 0 radical (unpaired) electrons. The largest absolute Gasteiger partial charge is 0.494 e. The van der Waals surface area contributed by atoms with Gasteiger partial charge in [-0.2, -0.15) is 0 Å². The molecule has 0 aliphatic rings. The SMILES string of the molecule is CCOc1ccc(OCCCC(=O)Nc2c(CC)ccc(Cl)c2CC)cc1. The number of benzene rings is 2. The van der Waals surface area contributed by atoms with E-state index in [1.54, 1.807) is 0 Å². The summed E-state index contributed by atoms with van der Waals surface area (Å²) in [6.07, 6.45) is 2.67. The van der Waals surface area contributed by atoms with Crippen LogP contribution in [-0.4, -0.2) is 19.1 Å². The maximum absolute atomic E-state index is 12.4. The summed E-state index contributed by atoms with van der Waals surface area (Å²) in [5.74, 6) is 1.58. The summed E-state index contributed by atoms with van der Waals surface area (Å²) in [4.78, 5) is 12.4. The second kappa shape index (κ2) is 10.8. The van der Waals surface area contributed by atoms with Gasteiger partial charge in [0.1, 0.15) is 11.5 Å². The fraction of sp³-hybridized carbons (Fsp3) is 0.409. The van der Waals surface area contributed by atoms with Crippen LogP contribution in [0, 0.1) is 0 Å². The van der Waals surface area contributed by atoms with Crippen LogP contribution >= 0.6 is 11.6 Å². The molecule has 1 amide bonds. The summed E-state index contributed by atoms with van der Waals surface area (Å²) in [5, 5.41) is 3.74. The van der Waals surface area contributed by atoms with E-state index in [0.717, 1.165) is 41.2 Å². The number of aryl methyl sites for hydroxylation is 1. The molecule has 0 fully saturated rings. The minimum atomic E-state index is -0.0167. The third kappa shape index (κ3) is 6.17. The van der Waals surface area contributed by atoms with E-state index in [9.17, 15) is 4.79 Å². The molecule has 0 heterocycles. The molecule has 0 spiro atoms. The monoisotopic (exact) mass is 389 g/mol. The highest BCUT2D eigenvalue weighted by Gasteiger charge is 2.13. The zero-order valence-electron chi connectivity index (χ0n) is 16.3. The van der Waals surface area contributed by atoms with Crippen molar-refractivity contribution in [2.24, 2.45) is 0 Å². The lowest BCUT2D eigenvalue weighted by atomic mass is 10.0. The highest BCUT2D eigenvalue weighted by Crippen LogP contribution is 2.29. The molecule has 5 heteroatoms. The number of carbonyl (C=O) groups is 1. The first kappa shape index (κ1) is 21.1. The van der Waals surface area contributed by atoms with Crippen LogP contribution in [0.2, 0.25) is 5.02 Å². The van der Waals surface area contributed by atoms with Crippen LogP contribution in [0.25, 0.3) is 0 Å². The minimum Gasteiger partial charge on any atom is -0.494 e. The predicted octanol–water partition coefficient (Wildman–Crippen LogP) is 5.66. The van der Waals surface area contributed by atoms with Crippen molar-refractivity contribution in [3.8, 4) is 11.5 Å². The quantitative estimate of drug-likeness (QED) is 0.533. The van der Waals surface area contributed by atoms with Crippen LogP contribution in [0.3, 0.4) is 0 Å². The number of nitrogens with one attached hydrogen (secondary N) is 1. The Hall–Kier alpha value is -2.20. The molecule has 2 aromatic carbocycles. The Kier molecular flexibility index (Phi) is 8.46. The molecule has 2 aromatic rings. The Bertz CT molecular complexity index is 744. The van der Waals surface area contributed by atoms with Crippen LogP contribution < -0.4 is 14.8 Å². The fourth-order valence-electron chi connectivity index (χ4n) is 2.89. The summed E-state index contributed by atoms with van der Waals surface area (Å²) in [5.41, 5.74) is 2.97. The molecule has 0 saturated carbocycles. The standard InChI is InChI=1S/C22H28ClNO3/c1-4-16-9-14-20(23)19(5-2)22(16)24-21(25)8-7-15-27-18-12-10-17(11-13-18)26-6-3/h9-14H,4-8,15H2,1-3H3,(H,24,25). The van der Waals surface area contributed by atoms with Crippen molar-refractivity contribution >= 4 is 23.2 Å². The number of amides is 1. The van der Waals surface area contributed by atoms with Gasteiger partial charge in [-0.15, -0.1) is 0 Å². The maximum Gasteiger partial charge on any atom is 0.224 e. The number of carbonyl (C=O) groups excluding carboxylic acids is 1. The molecule has 0 aliphatic heterocycles. The van der Waals surface area contributed by atoms with Gasteiger partial charge in [-0.05, 0) is 67.6 Å². The van der Waals surface area contributed by atoms with E-state index in [1.165, 1.54) is 0 Å². The lowest BCUT2D eigenvalue weighted by Gasteiger charge is -2.16. The van der Waals surface area contributed by atoms with Crippen molar-refractivity contribution in [3.05, 3.63) is 52.5 Å². The van der Waals surface area contributed by atoms with Crippen LogP contribution in [0.4, 0.5) is 5.69 Å². The van der Waals surface area contributed by atoms with Crippen LogP contribution in [0.5, 0.6) is 11.5 Å². The van der Waals surface area contributed by atoms with E-state index in [1.807, 2.05) is 50.2 Å². The van der Waals surface area contributed by atoms with Gasteiger partial charge in [0.15, 0.2) is 0 Å². The van der Waals surface area contributed by atoms with Crippen molar-refractivity contribution in [1.82, 2.24) is 0 Å². The molecule has 0 saturated heterocycles. The number of halogens is 1. The van der Waals surface area contributed by atoms with E-state index in [0.29, 0.717) is 31.1 Å². The van der Waals surface area contributed by atoms with Crippen molar-refractivity contribution < 1.29 is 14.3 Å². The van der Waals surface area contributed by atoms with E-state index < -0.39 is 0 Å². The number of anilines is 1. The number of hydrogen-bond donors (Lipinski definition) is 1. The molecular formula is C22H28ClNO3. The zero-order chi connectivity index (χ0) is 19.6. The molecule has 2 rings (SSSR count). The Morgan fingerprint density at radius 1 is 0.963 bits per heavy atom. The van der Waals surface area contributed by atoms with Gasteiger partial charge in [0.2, 0.25) is 5.91 Å². The van der Waals surface area contributed by atoms with E-state index in [4.69, 9.17) is 21.1 Å². The third-order valence-electron chi connectivity index (χ3n) is 4.29. The van der Waals surface area contributed by atoms with Crippen molar-refractivity contribution in [2.75, 3.05) is 18.5 Å². The highest BCUT2D eigenvalue weighted by molar-refractivity contribution is 6.32. The molecule has 1 N–H and O–H groups in total. The molecule has 0 aliphatic carbocycles. The predicted molar refractivity (Wildman–Crippen MR) is 111 cm³/mol. The van der Waals surface area contributed by atoms with Crippen molar-refractivity contribution in [3.63, 3.8) is 0 Å². The molecule has 0 bridgehead atoms. The summed E-state index contributed by atoms with van der Waals surface area (Å²) >= 11 is 6.29. The lowest BCUT2D eigenvalue weighted by molar-refractivity contribution is -0.116. The van der Waals surface area contributed by atoms with Gasteiger partial charge in [0.25, 0.3) is 0 Å². The minimum absolute atomic E-state index is 0.0167. The molecule has 0 atom stereocenters. The third-order valence-corrected chi connectivity index (χ3v) is 4.65. The van der Waals surface area contributed by atoms with Crippen molar-refractivity contribution in [1.29, 1.82) is 0 Å². The highest BCUT2D eigenvalue weighted by atomic mass is 35.5. The Morgan fingerprint density at radius 3 is 2.22 bits per heavy atom. The smallest absolute Gasteiger partial charge is 0.224 e. The molecular weight excluding hydrogens is 362 g/mol. The fourth-order valence-corrected chi connectivity index (χ4v) is 3.18. The first-order valence-corrected chi connectivity index (χ1v) is 9.92. The number of ether oxygens (including phenoxy) is 2. The van der Waals surface area contributed by atoms with Gasteiger partial charge >= 0.3 is 0 Å². The average molecular weight is 390 g/mol. The summed E-state index contributed by atoms with van der Waals surface area (Å²) in [7, 11) is 0. The van der Waals surface area contributed by atoms with Crippen molar-refractivity contribution in [2.45, 2.75) is 46.5 Å². The Balaban J connectivity index is 1.84. The molecule has 0 aromatic heterocycles. The van der Waals surface area contributed by atoms with Gasteiger partial charge in [-0.3, -0.25) is 4.79 Å². The van der Waals surface area contributed by atoms with E-state index >= 15 is 0 Å². The van der Waals surface area contributed by atoms with Gasteiger partial charge in [-0.25, -0.2) is 0 Å². The van der Waals surface area contributed by atoms with E-state index in [2.05, 4.69) is 12.2 Å². The first-order chi connectivity index (χ1) is 13.1. The van der Waals surface area contributed by atoms with Gasteiger partial charge in [0.05, 0.1) is 13.2 Å². The number of hydrogen-bond acceptors (Lipinski definition) is 3. The second-order valence-electron chi connectivity index (χ2n) is 6.17. The zero-order valence-corrected chi connectivity index (χ0v) is 17.1. The molecule has 146 valence electrons. The van der Waals surface area contributed by atoms with Gasteiger partial charge in [0, 0.05) is 17.1 Å².